The highest BCUT2D eigenvalue weighted by Crippen LogP contribution is 2.38. The van der Waals surface area contributed by atoms with E-state index in [4.69, 9.17) is 4.74 Å². The average molecular weight is 644 g/mol. The summed E-state index contributed by atoms with van der Waals surface area (Å²) in [5.74, 6) is -0.907. The largest absolute Gasteiger partial charge is 0.443 e. The summed E-state index contributed by atoms with van der Waals surface area (Å²) in [5, 5.41) is 3.26. The molecule has 250 valence electrons. The fourth-order valence-electron chi connectivity index (χ4n) is 6.18. The number of rotatable bonds is 4. The Balaban J connectivity index is 0.00000133. The Hall–Kier alpha value is -3.28. The van der Waals surface area contributed by atoms with Crippen LogP contribution < -0.4 is 5.32 Å². The Morgan fingerprint density at radius 3 is 2.00 bits per heavy atom. The second kappa shape index (κ2) is 15.3. The van der Waals surface area contributed by atoms with Crippen LogP contribution >= 0.6 is 0 Å². The third kappa shape index (κ3) is 8.92. The van der Waals surface area contributed by atoms with Crippen molar-refractivity contribution < 1.29 is 40.7 Å². The normalized spacial score (nSPS) is 21.6. The zero-order valence-corrected chi connectivity index (χ0v) is 26.2. The molecule has 1 spiro atoms. The van der Waals surface area contributed by atoms with Gasteiger partial charge in [-0.15, -0.1) is 0 Å². The Morgan fingerprint density at radius 1 is 0.889 bits per heavy atom. The fraction of sp³-hybridized carbons (Fsp3) is 0.576. The van der Waals surface area contributed by atoms with E-state index in [0.717, 1.165) is 31.5 Å². The van der Waals surface area contributed by atoms with E-state index in [2.05, 4.69) is 5.32 Å². The van der Waals surface area contributed by atoms with Crippen molar-refractivity contribution in [2.75, 3.05) is 26.2 Å². The summed E-state index contributed by atoms with van der Waals surface area (Å²) in [7, 11) is 0. The monoisotopic (exact) mass is 643 g/mol. The third-order valence-corrected chi connectivity index (χ3v) is 8.40. The molecule has 3 aliphatic rings. The van der Waals surface area contributed by atoms with Crippen LogP contribution in [0.2, 0.25) is 0 Å². The van der Waals surface area contributed by atoms with Crippen LogP contribution in [0.25, 0.3) is 0 Å². The first-order valence-electron chi connectivity index (χ1n) is 15.7. The second-order valence-corrected chi connectivity index (χ2v) is 11.1. The maximum absolute atomic E-state index is 13.6. The highest BCUT2D eigenvalue weighted by Gasteiger charge is 2.45. The molecule has 2 amide bonds. The second-order valence-electron chi connectivity index (χ2n) is 11.1. The van der Waals surface area contributed by atoms with Crippen LogP contribution in [0, 0.1) is 0 Å². The predicted molar refractivity (Wildman–Crippen MR) is 160 cm³/mol. The molecule has 2 unspecified atom stereocenters. The number of benzene rings is 2. The number of nitrogens with zero attached hydrogens (tertiary/aromatic N) is 2. The predicted octanol–water partition coefficient (Wildman–Crippen LogP) is 7.96. The van der Waals surface area contributed by atoms with Crippen molar-refractivity contribution in [2.24, 2.45) is 0 Å². The van der Waals surface area contributed by atoms with Gasteiger partial charge in [-0.05, 0) is 69.0 Å². The van der Waals surface area contributed by atoms with Gasteiger partial charge in [0.25, 0.3) is 5.91 Å². The Morgan fingerprint density at radius 2 is 1.47 bits per heavy atom. The molecule has 3 saturated heterocycles. The minimum absolute atomic E-state index is 0.0155. The minimum Gasteiger partial charge on any atom is -0.443 e. The number of piperidine rings is 2. The van der Waals surface area contributed by atoms with E-state index in [1.165, 1.54) is 4.90 Å². The molecule has 1 N–H and O–H groups in total. The highest BCUT2D eigenvalue weighted by molar-refractivity contribution is 5.95. The molecule has 0 radical (unpaired) electrons. The molecule has 3 aliphatic heterocycles. The number of amides is 2. The molecular formula is C33H43F6N3O3. The molecule has 2 atom stereocenters. The Bertz CT molecular complexity index is 1230. The number of halogens is 6. The van der Waals surface area contributed by atoms with Gasteiger partial charge in [0.1, 0.15) is 5.60 Å². The lowest BCUT2D eigenvalue weighted by atomic mass is 9.86. The first-order chi connectivity index (χ1) is 21.3. The number of alkyl halides is 6. The summed E-state index contributed by atoms with van der Waals surface area (Å²) in [6.45, 7) is 10.1. The molecular weight excluding hydrogens is 600 g/mol. The smallest absolute Gasteiger partial charge is 0.416 e. The summed E-state index contributed by atoms with van der Waals surface area (Å²) in [4.78, 5) is 29.7. The van der Waals surface area contributed by atoms with Gasteiger partial charge in [0.2, 0.25) is 0 Å². The molecule has 45 heavy (non-hydrogen) atoms. The maximum atomic E-state index is 13.6. The zero-order chi connectivity index (χ0) is 33.4. The summed E-state index contributed by atoms with van der Waals surface area (Å²) in [5.41, 5.74) is -3.38. The van der Waals surface area contributed by atoms with Crippen LogP contribution in [0.5, 0.6) is 0 Å². The first kappa shape index (κ1) is 36.2. The maximum Gasteiger partial charge on any atom is 0.416 e. The van der Waals surface area contributed by atoms with Gasteiger partial charge < -0.3 is 19.9 Å². The molecule has 2 aromatic rings. The van der Waals surface area contributed by atoms with E-state index in [1.54, 1.807) is 4.90 Å². The van der Waals surface area contributed by atoms with Crippen molar-refractivity contribution in [1.29, 1.82) is 0 Å². The summed E-state index contributed by atoms with van der Waals surface area (Å²) in [6.07, 6.45) is -7.45. The molecule has 12 heteroatoms. The lowest BCUT2D eigenvalue weighted by molar-refractivity contribution is -0.143. The van der Waals surface area contributed by atoms with Gasteiger partial charge >= 0.3 is 18.4 Å². The van der Waals surface area contributed by atoms with E-state index in [1.807, 2.05) is 58.0 Å². The van der Waals surface area contributed by atoms with E-state index >= 15 is 0 Å². The number of nitrogens with one attached hydrogen (secondary N) is 1. The summed E-state index contributed by atoms with van der Waals surface area (Å²) in [6, 6.07) is 9.24. The number of hydrogen-bond acceptors (Lipinski definition) is 4. The molecule has 6 nitrogen and oxygen atoms in total. The highest BCUT2D eigenvalue weighted by atomic mass is 19.4. The topological polar surface area (TPSA) is 61.9 Å². The summed E-state index contributed by atoms with van der Waals surface area (Å²) >= 11 is 0. The van der Waals surface area contributed by atoms with Gasteiger partial charge in [-0.2, -0.15) is 26.3 Å². The van der Waals surface area contributed by atoms with Gasteiger partial charge in [-0.1, -0.05) is 58.0 Å². The van der Waals surface area contributed by atoms with Crippen LogP contribution in [0.3, 0.4) is 0 Å². The standard InChI is InChI=1S/C29H31F6N3O3.2C2H6/c30-28(31,32)21-15-20(16-22(17-21)29(33,34)35)25(39)37-12-6-23(18-24(37)14-19-4-2-1-3-5-19)38-13-9-27(41-26(38)40)7-10-36-11-8-27;2*1-2/h1-5,15-17,23-24,36H,6-14,18H2;2*1-2H3. The van der Waals surface area contributed by atoms with Gasteiger partial charge in [0.05, 0.1) is 11.1 Å². The quantitative estimate of drug-likeness (QED) is 0.344. The third-order valence-electron chi connectivity index (χ3n) is 8.40. The van der Waals surface area contributed by atoms with E-state index in [0.29, 0.717) is 44.4 Å². The van der Waals surface area contributed by atoms with Crippen molar-refractivity contribution in [3.8, 4) is 0 Å². The number of carbonyl (C=O) groups excluding carboxylic acids is 2. The van der Waals surface area contributed by atoms with Gasteiger partial charge in [0.15, 0.2) is 0 Å². The SMILES string of the molecule is CC.CC.O=C1OC2(CCNCC2)CCN1C1CCN(C(=O)c2cc(C(F)(F)F)cc(C(F)(F)F)c2)C(Cc2ccccc2)C1. The lowest BCUT2D eigenvalue weighted by Crippen LogP contribution is -2.59. The number of likely N-dealkylation sites (tertiary alicyclic amines) is 1. The molecule has 0 aromatic heterocycles. The fourth-order valence-corrected chi connectivity index (χ4v) is 6.18. The van der Waals surface area contributed by atoms with Gasteiger partial charge in [-0.3, -0.25) is 4.79 Å². The van der Waals surface area contributed by atoms with Crippen molar-refractivity contribution in [2.45, 2.75) is 96.3 Å². The van der Waals surface area contributed by atoms with E-state index in [9.17, 15) is 35.9 Å². The molecule has 3 heterocycles. The van der Waals surface area contributed by atoms with Crippen LogP contribution in [-0.2, 0) is 23.5 Å². The van der Waals surface area contributed by atoms with E-state index < -0.39 is 52.7 Å². The van der Waals surface area contributed by atoms with Crippen LogP contribution in [0.15, 0.2) is 48.5 Å². The molecule has 0 aliphatic carbocycles. The number of carbonyl (C=O) groups is 2. The molecule has 0 bridgehead atoms. The van der Waals surface area contributed by atoms with Gasteiger partial charge in [0, 0.05) is 37.2 Å². The van der Waals surface area contributed by atoms with E-state index in [-0.39, 0.29) is 18.7 Å². The van der Waals surface area contributed by atoms with Crippen LogP contribution in [-0.4, -0.2) is 65.7 Å². The van der Waals surface area contributed by atoms with Crippen molar-refractivity contribution in [1.82, 2.24) is 15.1 Å². The van der Waals surface area contributed by atoms with Gasteiger partial charge in [-0.25, -0.2) is 4.79 Å². The molecule has 0 saturated carbocycles. The van der Waals surface area contributed by atoms with Crippen molar-refractivity contribution in [3.05, 3.63) is 70.8 Å². The van der Waals surface area contributed by atoms with Crippen molar-refractivity contribution >= 4 is 12.0 Å². The Kier molecular flexibility index (Phi) is 12.3. The Labute approximate surface area is 261 Å². The van der Waals surface area contributed by atoms with Crippen LogP contribution in [0.4, 0.5) is 31.1 Å². The minimum atomic E-state index is -5.06. The number of hydrogen-bond donors (Lipinski definition) is 1. The number of ether oxygens (including phenoxy) is 1. The molecule has 2 aromatic carbocycles. The lowest BCUT2D eigenvalue weighted by Gasteiger charge is -2.48. The van der Waals surface area contributed by atoms with Crippen molar-refractivity contribution in [3.63, 3.8) is 0 Å². The first-order valence-corrected chi connectivity index (χ1v) is 15.7. The van der Waals surface area contributed by atoms with Crippen LogP contribution in [0.1, 0.15) is 86.8 Å². The zero-order valence-electron chi connectivity index (χ0n) is 26.2. The summed E-state index contributed by atoms with van der Waals surface area (Å²) < 4.78 is 86.8. The molecule has 3 fully saturated rings. The average Bonchev–Trinajstić information content (AvgIpc) is 3.02. The molecule has 5 rings (SSSR count).